The molecule has 0 bridgehead atoms. The van der Waals surface area contributed by atoms with Gasteiger partial charge in [-0.25, -0.2) is 0 Å². The lowest BCUT2D eigenvalue weighted by molar-refractivity contribution is -0.119. The van der Waals surface area contributed by atoms with Crippen molar-refractivity contribution in [3.8, 4) is 0 Å². The largest absolute Gasteiger partial charge is 0.467 e. The Morgan fingerprint density at radius 3 is 2.74 bits per heavy atom. The van der Waals surface area contributed by atoms with Crippen molar-refractivity contribution >= 4 is 23.6 Å². The van der Waals surface area contributed by atoms with Gasteiger partial charge in [0.25, 0.3) is 0 Å². The summed E-state index contributed by atoms with van der Waals surface area (Å²) in [5.74, 6) is 2.19. The third-order valence-corrected chi connectivity index (χ3v) is 6.25. The maximum Gasteiger partial charge on any atom is 0.230 e. The van der Waals surface area contributed by atoms with Crippen LogP contribution in [0.3, 0.4) is 0 Å². The molecule has 1 saturated carbocycles. The molecule has 0 radical (unpaired) electrons. The number of nitrogens with one attached hydrogen (secondary N) is 1. The number of carbonyl (C=O) groups is 1. The fourth-order valence-corrected chi connectivity index (χ4v) is 4.63. The molecule has 2 aromatic rings. The quantitative estimate of drug-likeness (QED) is 0.734. The second-order valence-corrected chi connectivity index (χ2v) is 8.28. The fraction of sp³-hybridized carbons (Fsp3) is 0.632. The molecule has 0 spiro atoms. The van der Waals surface area contributed by atoms with Crippen LogP contribution >= 0.6 is 11.8 Å². The van der Waals surface area contributed by atoms with Crippen LogP contribution in [-0.2, 0) is 11.3 Å². The topological polar surface area (TPSA) is 76.2 Å². The van der Waals surface area contributed by atoms with Crippen molar-refractivity contribution in [2.45, 2.75) is 62.7 Å². The van der Waals surface area contributed by atoms with Gasteiger partial charge in [-0.15, -0.1) is 10.2 Å². The van der Waals surface area contributed by atoms with E-state index < -0.39 is 0 Å². The SMILES string of the molecule is O=C(CSc1nnc(N2CCCC2)n1Cc1ccco1)NC1CCCCC1. The van der Waals surface area contributed by atoms with Crippen molar-refractivity contribution in [3.05, 3.63) is 24.2 Å². The van der Waals surface area contributed by atoms with E-state index in [9.17, 15) is 4.79 Å². The predicted molar refractivity (Wildman–Crippen MR) is 105 cm³/mol. The van der Waals surface area contributed by atoms with Crippen LogP contribution in [-0.4, -0.2) is 45.6 Å². The molecule has 0 atom stereocenters. The Balaban J connectivity index is 1.42. The molecule has 1 amide bonds. The summed E-state index contributed by atoms with van der Waals surface area (Å²) in [6, 6.07) is 4.19. The van der Waals surface area contributed by atoms with Crippen molar-refractivity contribution in [1.82, 2.24) is 20.1 Å². The lowest BCUT2D eigenvalue weighted by Gasteiger charge is -2.22. The van der Waals surface area contributed by atoms with Gasteiger partial charge in [0.2, 0.25) is 11.9 Å². The molecule has 8 heteroatoms. The highest BCUT2D eigenvalue weighted by molar-refractivity contribution is 7.99. The van der Waals surface area contributed by atoms with Crippen LogP contribution in [0.4, 0.5) is 5.95 Å². The fourth-order valence-electron chi connectivity index (χ4n) is 3.88. The molecule has 1 aliphatic carbocycles. The molecule has 1 saturated heterocycles. The average Bonchev–Trinajstić information content (AvgIpc) is 3.44. The highest BCUT2D eigenvalue weighted by atomic mass is 32.2. The Labute approximate surface area is 163 Å². The van der Waals surface area contributed by atoms with E-state index in [1.807, 2.05) is 12.1 Å². The first kappa shape index (κ1) is 18.4. The number of carbonyl (C=O) groups excluding carboxylic acids is 1. The van der Waals surface area contributed by atoms with Gasteiger partial charge in [-0.2, -0.15) is 0 Å². The van der Waals surface area contributed by atoms with Crippen LogP contribution in [0.1, 0.15) is 50.7 Å². The summed E-state index contributed by atoms with van der Waals surface area (Å²) in [5, 5.41) is 12.7. The lowest BCUT2D eigenvalue weighted by atomic mass is 9.95. The minimum atomic E-state index is 0.0853. The Morgan fingerprint density at radius 1 is 1.19 bits per heavy atom. The minimum Gasteiger partial charge on any atom is -0.467 e. The molecule has 146 valence electrons. The lowest BCUT2D eigenvalue weighted by Crippen LogP contribution is -2.37. The highest BCUT2D eigenvalue weighted by Gasteiger charge is 2.23. The van der Waals surface area contributed by atoms with Gasteiger partial charge < -0.3 is 14.6 Å². The normalized spacial score (nSPS) is 18.1. The van der Waals surface area contributed by atoms with Crippen LogP contribution in [0.2, 0.25) is 0 Å². The zero-order chi connectivity index (χ0) is 18.5. The first-order valence-corrected chi connectivity index (χ1v) is 10.9. The van der Waals surface area contributed by atoms with E-state index in [1.54, 1.807) is 6.26 Å². The average molecular weight is 390 g/mol. The molecule has 2 aliphatic rings. The number of thioether (sulfide) groups is 1. The van der Waals surface area contributed by atoms with Gasteiger partial charge in [-0.3, -0.25) is 9.36 Å². The molecule has 2 fully saturated rings. The molecule has 2 aromatic heterocycles. The van der Waals surface area contributed by atoms with E-state index in [1.165, 1.54) is 43.9 Å². The van der Waals surface area contributed by atoms with Gasteiger partial charge in [-0.05, 0) is 37.8 Å². The molecular formula is C19H27N5O2S. The molecular weight excluding hydrogens is 362 g/mol. The van der Waals surface area contributed by atoms with Crippen molar-refractivity contribution in [1.29, 1.82) is 0 Å². The predicted octanol–water partition coefficient (Wildman–Crippen LogP) is 3.06. The molecule has 7 nitrogen and oxygen atoms in total. The van der Waals surface area contributed by atoms with Gasteiger partial charge in [0.05, 0.1) is 18.6 Å². The number of furan rings is 1. The molecule has 27 heavy (non-hydrogen) atoms. The number of nitrogens with zero attached hydrogens (tertiary/aromatic N) is 4. The van der Waals surface area contributed by atoms with Crippen molar-refractivity contribution in [3.63, 3.8) is 0 Å². The summed E-state index contributed by atoms with van der Waals surface area (Å²) in [6.07, 6.45) is 9.97. The van der Waals surface area contributed by atoms with Gasteiger partial charge >= 0.3 is 0 Å². The van der Waals surface area contributed by atoms with E-state index in [0.717, 1.165) is 42.8 Å². The second kappa shape index (κ2) is 8.82. The second-order valence-electron chi connectivity index (χ2n) is 7.33. The number of hydrogen-bond donors (Lipinski definition) is 1. The van der Waals surface area contributed by atoms with Crippen molar-refractivity contribution in [2.24, 2.45) is 0 Å². The van der Waals surface area contributed by atoms with E-state index in [4.69, 9.17) is 4.42 Å². The summed E-state index contributed by atoms with van der Waals surface area (Å²) >= 11 is 1.45. The zero-order valence-corrected chi connectivity index (χ0v) is 16.4. The van der Waals surface area contributed by atoms with Crippen molar-refractivity contribution in [2.75, 3.05) is 23.7 Å². The summed E-state index contributed by atoms with van der Waals surface area (Å²) in [4.78, 5) is 14.6. The van der Waals surface area contributed by atoms with E-state index >= 15 is 0 Å². The molecule has 4 rings (SSSR count). The van der Waals surface area contributed by atoms with Gasteiger partial charge in [-0.1, -0.05) is 31.0 Å². The van der Waals surface area contributed by atoms with Gasteiger partial charge in [0.1, 0.15) is 5.76 Å². The van der Waals surface area contributed by atoms with Crippen LogP contribution in [0, 0.1) is 0 Å². The summed E-state index contributed by atoms with van der Waals surface area (Å²) in [6.45, 7) is 2.59. The summed E-state index contributed by atoms with van der Waals surface area (Å²) in [5.41, 5.74) is 0. The first-order valence-electron chi connectivity index (χ1n) is 9.92. The summed E-state index contributed by atoms with van der Waals surface area (Å²) in [7, 11) is 0. The van der Waals surface area contributed by atoms with Crippen LogP contribution in [0.15, 0.2) is 28.0 Å². The Kier molecular flexibility index (Phi) is 6.01. The number of amides is 1. The minimum absolute atomic E-state index is 0.0853. The first-order chi connectivity index (χ1) is 13.3. The number of aromatic nitrogens is 3. The number of hydrogen-bond acceptors (Lipinski definition) is 6. The van der Waals surface area contributed by atoms with Crippen LogP contribution in [0.25, 0.3) is 0 Å². The molecule has 0 aromatic carbocycles. The maximum atomic E-state index is 12.4. The summed E-state index contributed by atoms with van der Waals surface area (Å²) < 4.78 is 7.59. The van der Waals surface area contributed by atoms with E-state index in [0.29, 0.717) is 18.3 Å². The van der Waals surface area contributed by atoms with Crippen LogP contribution in [0.5, 0.6) is 0 Å². The van der Waals surface area contributed by atoms with Gasteiger partial charge in [0, 0.05) is 19.1 Å². The van der Waals surface area contributed by atoms with E-state index in [-0.39, 0.29) is 5.91 Å². The molecule has 1 aliphatic heterocycles. The Morgan fingerprint density at radius 2 is 2.00 bits per heavy atom. The third kappa shape index (κ3) is 4.66. The molecule has 0 unspecified atom stereocenters. The standard InChI is InChI=1S/C19H27N5O2S/c25-17(20-15-7-2-1-3-8-15)14-27-19-22-21-18(23-10-4-5-11-23)24(19)13-16-9-6-12-26-16/h6,9,12,15H,1-5,7-8,10-11,13-14H2,(H,20,25). The highest BCUT2D eigenvalue weighted by Crippen LogP contribution is 2.26. The number of anilines is 1. The van der Waals surface area contributed by atoms with E-state index in [2.05, 4.69) is 25.0 Å². The smallest absolute Gasteiger partial charge is 0.230 e. The Bertz CT molecular complexity index is 733. The Hall–Kier alpha value is -1.96. The molecule has 3 heterocycles. The maximum absolute atomic E-state index is 12.4. The van der Waals surface area contributed by atoms with Crippen molar-refractivity contribution < 1.29 is 9.21 Å². The zero-order valence-electron chi connectivity index (χ0n) is 15.6. The van der Waals surface area contributed by atoms with Crippen LogP contribution < -0.4 is 10.2 Å². The monoisotopic (exact) mass is 389 g/mol. The molecule has 1 N–H and O–H groups in total. The van der Waals surface area contributed by atoms with Gasteiger partial charge in [0.15, 0.2) is 5.16 Å². The number of rotatable bonds is 7. The third-order valence-electron chi connectivity index (χ3n) is 5.28.